The largest absolute Gasteiger partial charge is 0.384 e. The Morgan fingerprint density at radius 1 is 1.31 bits per heavy atom. The highest BCUT2D eigenvalue weighted by atomic mass is 79.9. The summed E-state index contributed by atoms with van der Waals surface area (Å²) in [5.41, 5.74) is 7.69. The highest BCUT2D eigenvalue weighted by molar-refractivity contribution is 9.10. The van der Waals surface area contributed by atoms with Gasteiger partial charge in [0.25, 0.3) is 0 Å². The third kappa shape index (κ3) is 2.30. The van der Waals surface area contributed by atoms with Crippen molar-refractivity contribution in [3.8, 4) is 0 Å². The molecule has 1 aromatic carbocycles. The number of nitrogen functional groups attached to an aromatic ring is 1. The van der Waals surface area contributed by atoms with Gasteiger partial charge in [-0.05, 0) is 34.5 Å². The Balaban J connectivity index is 2.31. The van der Waals surface area contributed by atoms with Crippen LogP contribution in [0.4, 0.5) is 17.3 Å². The Labute approximate surface area is 102 Å². The molecule has 3 N–H and O–H groups in total. The van der Waals surface area contributed by atoms with Crippen LogP contribution in [0.5, 0.6) is 0 Å². The Morgan fingerprint density at radius 3 is 2.88 bits per heavy atom. The van der Waals surface area contributed by atoms with E-state index in [4.69, 9.17) is 5.73 Å². The van der Waals surface area contributed by atoms with Gasteiger partial charge in [-0.2, -0.15) is 0 Å². The van der Waals surface area contributed by atoms with Crippen LogP contribution in [0.3, 0.4) is 0 Å². The van der Waals surface area contributed by atoms with Crippen LogP contribution < -0.4 is 11.1 Å². The smallest absolute Gasteiger partial charge is 0.135 e. The van der Waals surface area contributed by atoms with Crippen molar-refractivity contribution in [2.24, 2.45) is 0 Å². The monoisotopic (exact) mass is 278 g/mol. The number of anilines is 3. The summed E-state index contributed by atoms with van der Waals surface area (Å²) in [7, 11) is 0. The first kappa shape index (κ1) is 10.9. The molecule has 1 heterocycles. The lowest BCUT2D eigenvalue weighted by atomic mass is 10.2. The summed E-state index contributed by atoms with van der Waals surface area (Å²) in [6, 6.07) is 7.67. The third-order valence-corrected chi connectivity index (χ3v) is 3.20. The van der Waals surface area contributed by atoms with E-state index in [0.29, 0.717) is 11.6 Å². The second-order valence-corrected chi connectivity index (χ2v) is 4.18. The average molecular weight is 279 g/mol. The molecule has 0 spiro atoms. The Kier molecular flexibility index (Phi) is 3.05. The summed E-state index contributed by atoms with van der Waals surface area (Å²) in [5, 5.41) is 3.18. The molecule has 0 aliphatic heterocycles. The normalized spacial score (nSPS) is 10.1. The number of hydrogen-bond donors (Lipinski definition) is 2. The van der Waals surface area contributed by atoms with E-state index in [1.165, 1.54) is 6.33 Å². The van der Waals surface area contributed by atoms with E-state index in [1.807, 2.05) is 25.1 Å². The summed E-state index contributed by atoms with van der Waals surface area (Å²) in [6.45, 7) is 2.03. The second kappa shape index (κ2) is 4.49. The van der Waals surface area contributed by atoms with Crippen molar-refractivity contribution in [3.05, 3.63) is 40.6 Å². The molecule has 0 saturated carbocycles. The number of halogens is 1. The zero-order valence-corrected chi connectivity index (χ0v) is 10.3. The van der Waals surface area contributed by atoms with E-state index < -0.39 is 0 Å². The molecule has 4 nitrogen and oxygen atoms in total. The molecule has 0 bridgehead atoms. The van der Waals surface area contributed by atoms with Crippen LogP contribution in [-0.2, 0) is 0 Å². The van der Waals surface area contributed by atoms with Gasteiger partial charge >= 0.3 is 0 Å². The fourth-order valence-corrected chi connectivity index (χ4v) is 1.69. The molecule has 0 unspecified atom stereocenters. The minimum absolute atomic E-state index is 0.446. The molecule has 82 valence electrons. The number of aromatic nitrogens is 2. The van der Waals surface area contributed by atoms with Gasteiger partial charge in [0.15, 0.2) is 0 Å². The minimum atomic E-state index is 0.446. The SMILES string of the molecule is Cc1cccc(Nc2cc(N)ncn2)c1Br. The fraction of sp³-hybridized carbons (Fsp3) is 0.0909. The first-order valence-corrected chi connectivity index (χ1v) is 5.56. The first-order valence-electron chi connectivity index (χ1n) is 4.76. The quantitative estimate of drug-likeness (QED) is 0.887. The molecule has 0 atom stereocenters. The number of hydrogen-bond acceptors (Lipinski definition) is 4. The van der Waals surface area contributed by atoms with Crippen molar-refractivity contribution in [2.75, 3.05) is 11.1 Å². The molecule has 0 fully saturated rings. The Hall–Kier alpha value is -1.62. The minimum Gasteiger partial charge on any atom is -0.384 e. The van der Waals surface area contributed by atoms with Crippen molar-refractivity contribution in [1.29, 1.82) is 0 Å². The van der Waals surface area contributed by atoms with Crippen LogP contribution in [-0.4, -0.2) is 9.97 Å². The Morgan fingerprint density at radius 2 is 2.12 bits per heavy atom. The van der Waals surface area contributed by atoms with Gasteiger partial charge in [-0.25, -0.2) is 9.97 Å². The molecule has 0 radical (unpaired) electrons. The predicted molar refractivity (Wildman–Crippen MR) is 68.6 cm³/mol. The summed E-state index contributed by atoms with van der Waals surface area (Å²) in [6.07, 6.45) is 1.43. The van der Waals surface area contributed by atoms with E-state index in [9.17, 15) is 0 Å². The summed E-state index contributed by atoms with van der Waals surface area (Å²) in [4.78, 5) is 7.92. The maximum absolute atomic E-state index is 5.58. The molecule has 0 aliphatic carbocycles. The zero-order chi connectivity index (χ0) is 11.5. The number of nitrogens with two attached hydrogens (primary N) is 1. The van der Waals surface area contributed by atoms with Crippen molar-refractivity contribution >= 4 is 33.3 Å². The molecule has 1 aromatic heterocycles. The third-order valence-electron chi connectivity index (χ3n) is 2.14. The van der Waals surface area contributed by atoms with Gasteiger partial charge in [-0.15, -0.1) is 0 Å². The standard InChI is InChI=1S/C11H11BrN4/c1-7-3-2-4-8(11(7)12)16-10-5-9(13)14-6-15-10/h2-6H,1H3,(H3,13,14,15,16). The zero-order valence-electron chi connectivity index (χ0n) is 8.74. The molecular formula is C11H11BrN4. The van der Waals surface area contributed by atoms with Gasteiger partial charge in [0.05, 0.1) is 5.69 Å². The fourth-order valence-electron chi connectivity index (χ4n) is 1.32. The van der Waals surface area contributed by atoms with Crippen molar-refractivity contribution < 1.29 is 0 Å². The number of nitrogens with one attached hydrogen (secondary N) is 1. The number of benzene rings is 1. The first-order chi connectivity index (χ1) is 7.66. The molecular weight excluding hydrogens is 268 g/mol. The van der Waals surface area contributed by atoms with Crippen LogP contribution in [0.25, 0.3) is 0 Å². The lowest BCUT2D eigenvalue weighted by Crippen LogP contribution is -1.98. The maximum Gasteiger partial charge on any atom is 0.135 e. The van der Waals surface area contributed by atoms with Gasteiger partial charge in [0, 0.05) is 10.5 Å². The molecule has 5 heteroatoms. The topological polar surface area (TPSA) is 63.8 Å². The number of rotatable bonds is 2. The van der Waals surface area contributed by atoms with Crippen molar-refractivity contribution in [2.45, 2.75) is 6.92 Å². The summed E-state index contributed by atoms with van der Waals surface area (Å²) < 4.78 is 1.02. The second-order valence-electron chi connectivity index (χ2n) is 3.39. The van der Waals surface area contributed by atoms with E-state index in [2.05, 4.69) is 31.2 Å². The van der Waals surface area contributed by atoms with E-state index in [-0.39, 0.29) is 0 Å². The predicted octanol–water partition coefficient (Wildman–Crippen LogP) is 2.87. The lowest BCUT2D eigenvalue weighted by molar-refractivity contribution is 1.17. The molecule has 2 aromatic rings. The van der Waals surface area contributed by atoms with Gasteiger partial charge in [0.1, 0.15) is 18.0 Å². The van der Waals surface area contributed by atoms with Gasteiger partial charge in [-0.3, -0.25) is 0 Å². The number of nitrogens with zero attached hydrogens (tertiary/aromatic N) is 2. The molecule has 0 aliphatic rings. The van der Waals surface area contributed by atoms with Crippen LogP contribution in [0.1, 0.15) is 5.56 Å². The molecule has 0 amide bonds. The number of aryl methyl sites for hydroxylation is 1. The van der Waals surface area contributed by atoms with Gasteiger partial charge in [0.2, 0.25) is 0 Å². The maximum atomic E-state index is 5.58. The van der Waals surface area contributed by atoms with Crippen LogP contribution in [0.15, 0.2) is 35.1 Å². The van der Waals surface area contributed by atoms with Gasteiger partial charge in [-0.1, -0.05) is 12.1 Å². The van der Waals surface area contributed by atoms with E-state index >= 15 is 0 Å². The van der Waals surface area contributed by atoms with Crippen LogP contribution in [0.2, 0.25) is 0 Å². The van der Waals surface area contributed by atoms with Gasteiger partial charge < -0.3 is 11.1 Å². The summed E-state index contributed by atoms with van der Waals surface area (Å²) in [5.74, 6) is 1.13. The molecule has 0 saturated heterocycles. The summed E-state index contributed by atoms with van der Waals surface area (Å²) >= 11 is 3.52. The van der Waals surface area contributed by atoms with Crippen LogP contribution >= 0.6 is 15.9 Å². The highest BCUT2D eigenvalue weighted by Crippen LogP contribution is 2.27. The highest BCUT2D eigenvalue weighted by Gasteiger charge is 2.03. The average Bonchev–Trinajstić information content (AvgIpc) is 2.25. The molecule has 16 heavy (non-hydrogen) atoms. The Bertz CT molecular complexity index is 513. The van der Waals surface area contributed by atoms with Crippen molar-refractivity contribution in [1.82, 2.24) is 9.97 Å². The van der Waals surface area contributed by atoms with E-state index in [1.54, 1.807) is 6.07 Å². The van der Waals surface area contributed by atoms with Crippen molar-refractivity contribution in [3.63, 3.8) is 0 Å². The lowest BCUT2D eigenvalue weighted by Gasteiger charge is -2.09. The molecule has 2 rings (SSSR count). The van der Waals surface area contributed by atoms with E-state index in [0.717, 1.165) is 15.7 Å². The van der Waals surface area contributed by atoms with Crippen LogP contribution in [0, 0.1) is 6.92 Å².